The van der Waals surface area contributed by atoms with Crippen molar-refractivity contribution in [1.29, 1.82) is 0 Å². The van der Waals surface area contributed by atoms with Crippen molar-refractivity contribution in [3.8, 4) is 0 Å². The molecule has 2 rings (SSSR count). The maximum absolute atomic E-state index is 6.18. The van der Waals surface area contributed by atoms with Gasteiger partial charge in [0.2, 0.25) is 0 Å². The van der Waals surface area contributed by atoms with Crippen LogP contribution in [0.5, 0.6) is 0 Å². The molecule has 0 aromatic carbocycles. The molecule has 1 saturated heterocycles. The highest BCUT2D eigenvalue weighted by atomic mass is 16.5. The summed E-state index contributed by atoms with van der Waals surface area (Å²) in [6, 6.07) is 0.376. The molecule has 0 aromatic heterocycles. The summed E-state index contributed by atoms with van der Waals surface area (Å²) < 4.78 is 12.0. The molecule has 3 nitrogen and oxygen atoms in total. The molecule has 17 heavy (non-hydrogen) atoms. The van der Waals surface area contributed by atoms with Crippen LogP contribution < -0.4 is 5.32 Å². The molecule has 3 unspecified atom stereocenters. The Hall–Kier alpha value is -0.120. The molecule has 1 spiro atoms. The van der Waals surface area contributed by atoms with E-state index in [9.17, 15) is 0 Å². The summed E-state index contributed by atoms with van der Waals surface area (Å²) in [5.41, 5.74) is 0.0464. The number of hydrogen-bond acceptors (Lipinski definition) is 3. The summed E-state index contributed by atoms with van der Waals surface area (Å²) in [5.74, 6) is 0.783. The van der Waals surface area contributed by atoms with Gasteiger partial charge in [-0.3, -0.25) is 0 Å². The van der Waals surface area contributed by atoms with Gasteiger partial charge in [-0.15, -0.1) is 0 Å². The fourth-order valence-corrected chi connectivity index (χ4v) is 3.26. The number of hydrogen-bond donors (Lipinski definition) is 1. The molecule has 1 saturated carbocycles. The number of rotatable bonds is 3. The number of morpholine rings is 1. The van der Waals surface area contributed by atoms with E-state index in [4.69, 9.17) is 9.47 Å². The molecule has 1 aliphatic carbocycles. The summed E-state index contributed by atoms with van der Waals surface area (Å²) in [6.45, 7) is 9.14. The Bertz CT molecular complexity index is 240. The minimum Gasteiger partial charge on any atom is -0.377 e. The van der Waals surface area contributed by atoms with Crippen molar-refractivity contribution in [3.63, 3.8) is 0 Å². The van der Waals surface area contributed by atoms with Gasteiger partial charge in [0.25, 0.3) is 0 Å². The Balaban J connectivity index is 1.99. The van der Waals surface area contributed by atoms with Crippen molar-refractivity contribution < 1.29 is 9.47 Å². The summed E-state index contributed by atoms with van der Waals surface area (Å²) in [6.07, 6.45) is 5.32. The molecule has 1 aliphatic heterocycles. The first-order valence-electron chi connectivity index (χ1n) is 7.11. The third-order valence-electron chi connectivity index (χ3n) is 4.10. The fourth-order valence-electron chi connectivity index (χ4n) is 3.26. The Morgan fingerprint density at radius 2 is 2.29 bits per heavy atom. The lowest BCUT2D eigenvalue weighted by molar-refractivity contribution is -0.143. The maximum atomic E-state index is 6.18. The van der Waals surface area contributed by atoms with Crippen LogP contribution in [0.1, 0.15) is 46.5 Å². The second-order valence-corrected chi connectivity index (χ2v) is 6.00. The summed E-state index contributed by atoms with van der Waals surface area (Å²) >= 11 is 0. The van der Waals surface area contributed by atoms with Gasteiger partial charge >= 0.3 is 0 Å². The minimum absolute atomic E-state index is 0.0464. The van der Waals surface area contributed by atoms with Crippen molar-refractivity contribution in [2.24, 2.45) is 5.92 Å². The lowest BCUT2D eigenvalue weighted by atomic mass is 9.74. The van der Waals surface area contributed by atoms with Gasteiger partial charge in [0.1, 0.15) is 0 Å². The average Bonchev–Trinajstić information content (AvgIpc) is 2.27. The van der Waals surface area contributed by atoms with Crippen molar-refractivity contribution in [1.82, 2.24) is 5.32 Å². The summed E-state index contributed by atoms with van der Waals surface area (Å²) in [7, 11) is 0. The normalized spacial score (nSPS) is 38.8. The minimum atomic E-state index is 0.0464. The van der Waals surface area contributed by atoms with Gasteiger partial charge in [-0.25, -0.2) is 0 Å². The van der Waals surface area contributed by atoms with E-state index < -0.39 is 0 Å². The van der Waals surface area contributed by atoms with Gasteiger partial charge in [0.05, 0.1) is 31.0 Å². The number of nitrogens with one attached hydrogen (secondary N) is 1. The molecular weight excluding hydrogens is 214 g/mol. The predicted molar refractivity (Wildman–Crippen MR) is 69.2 cm³/mol. The molecule has 0 bridgehead atoms. The van der Waals surface area contributed by atoms with E-state index in [2.05, 4.69) is 26.1 Å². The molecule has 100 valence electrons. The first-order valence-corrected chi connectivity index (χ1v) is 7.11. The zero-order valence-electron chi connectivity index (χ0n) is 11.5. The first kappa shape index (κ1) is 13.3. The van der Waals surface area contributed by atoms with Crippen LogP contribution in [0.2, 0.25) is 0 Å². The average molecular weight is 241 g/mol. The van der Waals surface area contributed by atoms with E-state index in [0.717, 1.165) is 25.7 Å². The van der Waals surface area contributed by atoms with E-state index in [1.165, 1.54) is 25.7 Å². The van der Waals surface area contributed by atoms with Crippen LogP contribution in [0, 0.1) is 5.92 Å². The largest absolute Gasteiger partial charge is 0.377 e. The van der Waals surface area contributed by atoms with Gasteiger partial charge in [-0.1, -0.05) is 19.8 Å². The van der Waals surface area contributed by atoms with Crippen LogP contribution >= 0.6 is 0 Å². The van der Waals surface area contributed by atoms with E-state index in [1.54, 1.807) is 0 Å². The lowest BCUT2D eigenvalue weighted by Crippen LogP contribution is -2.61. The second kappa shape index (κ2) is 5.68. The van der Waals surface area contributed by atoms with E-state index in [0.29, 0.717) is 12.1 Å². The Morgan fingerprint density at radius 1 is 1.47 bits per heavy atom. The predicted octanol–water partition coefficient (Wildman–Crippen LogP) is 2.35. The van der Waals surface area contributed by atoms with Crippen molar-refractivity contribution in [2.75, 3.05) is 19.8 Å². The first-order chi connectivity index (χ1) is 8.12. The van der Waals surface area contributed by atoms with Crippen molar-refractivity contribution >= 4 is 0 Å². The third-order valence-corrected chi connectivity index (χ3v) is 4.10. The molecule has 2 aliphatic rings. The molecule has 2 fully saturated rings. The molecule has 3 heteroatoms. The van der Waals surface area contributed by atoms with Gasteiger partial charge in [0.15, 0.2) is 0 Å². The highest BCUT2D eigenvalue weighted by Crippen LogP contribution is 2.39. The van der Waals surface area contributed by atoms with Gasteiger partial charge in [-0.05, 0) is 32.6 Å². The highest BCUT2D eigenvalue weighted by Gasteiger charge is 2.44. The Morgan fingerprint density at radius 3 is 3.00 bits per heavy atom. The van der Waals surface area contributed by atoms with Crippen LogP contribution in [0.4, 0.5) is 0 Å². The Labute approximate surface area is 105 Å². The molecule has 0 radical (unpaired) electrons. The van der Waals surface area contributed by atoms with Crippen LogP contribution in [0.25, 0.3) is 0 Å². The van der Waals surface area contributed by atoms with Crippen LogP contribution in [0.3, 0.4) is 0 Å². The third kappa shape index (κ3) is 3.21. The van der Waals surface area contributed by atoms with Gasteiger partial charge in [-0.2, -0.15) is 0 Å². The van der Waals surface area contributed by atoms with E-state index >= 15 is 0 Å². The summed E-state index contributed by atoms with van der Waals surface area (Å²) in [4.78, 5) is 0. The van der Waals surface area contributed by atoms with Crippen molar-refractivity contribution in [2.45, 2.75) is 64.2 Å². The molecule has 1 N–H and O–H groups in total. The van der Waals surface area contributed by atoms with Crippen LogP contribution in [-0.4, -0.2) is 37.5 Å². The Kier molecular flexibility index (Phi) is 4.45. The highest BCUT2D eigenvalue weighted by molar-refractivity contribution is 4.99. The zero-order chi connectivity index (χ0) is 12.3. The van der Waals surface area contributed by atoms with E-state index in [-0.39, 0.29) is 5.60 Å². The smallest absolute Gasteiger partial charge is 0.0860 e. The maximum Gasteiger partial charge on any atom is 0.0860 e. The standard InChI is InChI=1S/C14H27NO2/c1-11(2)16-10-13-14(17-8-7-15-13)6-4-5-12(3)9-14/h11-13,15H,4-10H2,1-3H3. The monoisotopic (exact) mass is 241 g/mol. The zero-order valence-corrected chi connectivity index (χ0v) is 11.5. The van der Waals surface area contributed by atoms with Crippen molar-refractivity contribution in [3.05, 3.63) is 0 Å². The van der Waals surface area contributed by atoms with Gasteiger partial charge < -0.3 is 14.8 Å². The SMILES string of the molecule is CC1CCCC2(C1)OCCNC2COC(C)C. The quantitative estimate of drug-likeness (QED) is 0.822. The van der Waals surface area contributed by atoms with Crippen LogP contribution in [-0.2, 0) is 9.47 Å². The topological polar surface area (TPSA) is 30.5 Å². The fraction of sp³-hybridized carbons (Fsp3) is 1.00. The summed E-state index contributed by atoms with van der Waals surface area (Å²) in [5, 5.41) is 3.61. The molecular formula is C14H27NO2. The molecule has 3 atom stereocenters. The second-order valence-electron chi connectivity index (χ2n) is 6.00. The molecule has 1 heterocycles. The lowest BCUT2D eigenvalue weighted by Gasteiger charge is -2.48. The van der Waals surface area contributed by atoms with Gasteiger partial charge in [0, 0.05) is 6.54 Å². The van der Waals surface area contributed by atoms with Crippen LogP contribution in [0.15, 0.2) is 0 Å². The number of ether oxygens (including phenoxy) is 2. The molecule has 0 aromatic rings. The van der Waals surface area contributed by atoms with E-state index in [1.807, 2.05) is 0 Å². The molecule has 0 amide bonds.